The molecule has 11 nitrogen and oxygen atoms in total. The molecule has 1 aliphatic heterocycles. The molecule has 0 bridgehead atoms. The van der Waals surface area contributed by atoms with Gasteiger partial charge in [0, 0.05) is 12.1 Å². The van der Waals surface area contributed by atoms with Gasteiger partial charge in [-0.2, -0.15) is 8.42 Å². The van der Waals surface area contributed by atoms with Crippen LogP contribution in [0.5, 0.6) is 0 Å². The van der Waals surface area contributed by atoms with E-state index in [0.29, 0.717) is 25.6 Å². The normalized spacial score (nSPS) is 17.4. The number of nitrogens with zero attached hydrogens (tertiary/aromatic N) is 2. The number of non-ortho nitro benzene ring substituents is 2. The first kappa shape index (κ1) is 17.7. The van der Waals surface area contributed by atoms with Gasteiger partial charge in [-0.15, -0.1) is 0 Å². The van der Waals surface area contributed by atoms with Crippen molar-refractivity contribution in [2.24, 2.45) is 5.92 Å². The Balaban J connectivity index is 2.22. The number of hydrogen-bond acceptors (Lipinski definition) is 9. The first-order valence-corrected chi connectivity index (χ1v) is 8.37. The van der Waals surface area contributed by atoms with Gasteiger partial charge in [0.2, 0.25) is 0 Å². The van der Waals surface area contributed by atoms with Crippen molar-refractivity contribution in [2.45, 2.75) is 6.42 Å². The molecular weight excluding hydrogens is 346 g/mol. The minimum Gasteiger partial charge on any atom is -0.341 e. The molecule has 2 rings (SSSR count). The lowest BCUT2D eigenvalue weighted by atomic mass is 10.2. The van der Waals surface area contributed by atoms with Gasteiger partial charge in [-0.3, -0.25) is 20.2 Å². The highest BCUT2D eigenvalue weighted by Gasteiger charge is 2.28. The number of rotatable bonds is 6. The van der Waals surface area contributed by atoms with E-state index in [2.05, 4.69) is 9.50 Å². The summed E-state index contributed by atoms with van der Waals surface area (Å²) in [5.74, 6) is -1.99. The molecule has 0 amide bonds. The van der Waals surface area contributed by atoms with Gasteiger partial charge >= 0.3 is 16.1 Å². The smallest absolute Gasteiger partial charge is 0.341 e. The van der Waals surface area contributed by atoms with Crippen molar-refractivity contribution in [3.05, 3.63) is 44.0 Å². The maximum Gasteiger partial charge on any atom is 0.354 e. The third kappa shape index (κ3) is 4.45. The van der Waals surface area contributed by atoms with Crippen LogP contribution in [0.2, 0.25) is 0 Å². The Morgan fingerprint density at radius 3 is 2.25 bits per heavy atom. The molecule has 0 unspecified atom stereocenters. The van der Waals surface area contributed by atoms with Crippen molar-refractivity contribution in [3.8, 4) is 0 Å². The average molecular weight is 359 g/mol. The van der Waals surface area contributed by atoms with Gasteiger partial charge in [0.25, 0.3) is 11.4 Å². The highest BCUT2D eigenvalue weighted by Crippen LogP contribution is 2.24. The Labute approximate surface area is 136 Å². The van der Waals surface area contributed by atoms with Gasteiger partial charge in [0.15, 0.2) is 0 Å². The third-order valence-corrected chi connectivity index (χ3v) is 4.65. The molecule has 1 aliphatic rings. The van der Waals surface area contributed by atoms with Crippen molar-refractivity contribution >= 4 is 27.5 Å². The van der Waals surface area contributed by atoms with E-state index in [9.17, 15) is 33.4 Å². The Bertz CT molecular complexity index is 753. The van der Waals surface area contributed by atoms with Crippen molar-refractivity contribution in [2.75, 3.05) is 18.8 Å². The highest BCUT2D eigenvalue weighted by molar-refractivity contribution is 7.87. The van der Waals surface area contributed by atoms with Crippen LogP contribution < -0.4 is 5.32 Å². The fourth-order valence-electron chi connectivity index (χ4n) is 2.27. The number of benzene rings is 1. The standard InChI is InChI=1S/C12H13N3O8S/c16-12(23-24(21,22)7-8-1-2-13-6-8)9-3-10(14(17)18)5-11(4-9)15(19)20/h3-5,8,13H,1-2,6-7H2/t8-/m0/s1. The summed E-state index contributed by atoms with van der Waals surface area (Å²) in [5, 5.41) is 24.5. The summed E-state index contributed by atoms with van der Waals surface area (Å²) < 4.78 is 28.2. The molecule has 1 aromatic rings. The average Bonchev–Trinajstić information content (AvgIpc) is 2.98. The fourth-order valence-corrected chi connectivity index (χ4v) is 3.52. The van der Waals surface area contributed by atoms with E-state index in [1.807, 2.05) is 0 Å². The molecule has 1 heterocycles. The molecule has 130 valence electrons. The lowest BCUT2D eigenvalue weighted by Gasteiger charge is -2.09. The number of nitro benzene ring substituents is 2. The van der Waals surface area contributed by atoms with E-state index >= 15 is 0 Å². The van der Waals surface area contributed by atoms with Gasteiger partial charge in [-0.25, -0.2) is 4.79 Å². The minimum absolute atomic E-state index is 0.206. The van der Waals surface area contributed by atoms with Crippen LogP contribution in [-0.2, 0) is 14.3 Å². The van der Waals surface area contributed by atoms with Crippen LogP contribution in [0.3, 0.4) is 0 Å². The van der Waals surface area contributed by atoms with Crippen molar-refractivity contribution in [3.63, 3.8) is 0 Å². The van der Waals surface area contributed by atoms with Crippen LogP contribution in [0, 0.1) is 26.1 Å². The van der Waals surface area contributed by atoms with Crippen LogP contribution in [0.4, 0.5) is 11.4 Å². The van der Waals surface area contributed by atoms with Crippen LogP contribution >= 0.6 is 0 Å². The van der Waals surface area contributed by atoms with E-state index in [-0.39, 0.29) is 11.7 Å². The van der Waals surface area contributed by atoms with Gasteiger partial charge in [0.05, 0.1) is 27.2 Å². The number of hydrogen-bond donors (Lipinski definition) is 1. The van der Waals surface area contributed by atoms with E-state index in [1.54, 1.807) is 0 Å². The van der Waals surface area contributed by atoms with Gasteiger partial charge in [-0.05, 0) is 25.4 Å². The third-order valence-electron chi connectivity index (χ3n) is 3.36. The molecule has 0 radical (unpaired) electrons. The molecular formula is C12H13N3O8S. The number of carbonyl (C=O) groups is 1. The van der Waals surface area contributed by atoms with Crippen LogP contribution in [-0.4, -0.2) is 43.1 Å². The molecule has 1 fully saturated rings. The molecule has 1 aromatic carbocycles. The second-order valence-corrected chi connectivity index (χ2v) is 6.82. The molecule has 0 aliphatic carbocycles. The first-order valence-electron chi connectivity index (χ1n) is 6.79. The molecule has 1 N–H and O–H groups in total. The summed E-state index contributed by atoms with van der Waals surface area (Å²) >= 11 is 0. The second kappa shape index (κ2) is 6.88. The zero-order valence-electron chi connectivity index (χ0n) is 12.2. The lowest BCUT2D eigenvalue weighted by Crippen LogP contribution is -2.23. The number of carbonyl (C=O) groups excluding carboxylic acids is 1. The maximum atomic E-state index is 11.9. The highest BCUT2D eigenvalue weighted by atomic mass is 32.2. The topological polar surface area (TPSA) is 159 Å². The fraction of sp³-hybridized carbons (Fsp3) is 0.417. The first-order chi connectivity index (χ1) is 11.2. The summed E-state index contributed by atoms with van der Waals surface area (Å²) in [4.78, 5) is 31.6. The summed E-state index contributed by atoms with van der Waals surface area (Å²) in [6.07, 6.45) is 0.610. The predicted octanol–water partition coefficient (Wildman–Crippen LogP) is 0.599. The van der Waals surface area contributed by atoms with Crippen molar-refractivity contribution < 1.29 is 27.2 Å². The van der Waals surface area contributed by atoms with Crippen LogP contribution in [0.1, 0.15) is 16.8 Å². The molecule has 0 saturated carbocycles. The lowest BCUT2D eigenvalue weighted by molar-refractivity contribution is -0.394. The van der Waals surface area contributed by atoms with Gasteiger partial charge < -0.3 is 9.50 Å². The number of nitro groups is 2. The van der Waals surface area contributed by atoms with Crippen LogP contribution in [0.25, 0.3) is 0 Å². The quantitative estimate of drug-likeness (QED) is 0.436. The Morgan fingerprint density at radius 1 is 1.21 bits per heavy atom. The molecule has 24 heavy (non-hydrogen) atoms. The monoisotopic (exact) mass is 359 g/mol. The zero-order chi connectivity index (χ0) is 17.9. The SMILES string of the molecule is O=C(OS(=O)(=O)C[C@H]1CCNC1)c1cc([N+](=O)[O-])cc([N+](=O)[O-])c1. The van der Waals surface area contributed by atoms with E-state index in [4.69, 9.17) is 0 Å². The van der Waals surface area contributed by atoms with Crippen molar-refractivity contribution in [1.29, 1.82) is 0 Å². The second-order valence-electron chi connectivity index (χ2n) is 5.21. The summed E-state index contributed by atoms with van der Waals surface area (Å²) in [7, 11) is -4.21. The zero-order valence-corrected chi connectivity index (χ0v) is 13.0. The Hall–Kier alpha value is -2.60. The van der Waals surface area contributed by atoms with Crippen molar-refractivity contribution in [1.82, 2.24) is 5.32 Å². The number of nitrogens with one attached hydrogen (secondary N) is 1. The van der Waals surface area contributed by atoms with E-state index in [0.717, 1.165) is 12.1 Å². The molecule has 0 aromatic heterocycles. The summed E-state index contributed by atoms with van der Waals surface area (Å²) in [5.41, 5.74) is -2.01. The molecule has 12 heteroatoms. The Kier molecular flexibility index (Phi) is 5.09. The molecule has 1 saturated heterocycles. The van der Waals surface area contributed by atoms with Crippen LogP contribution in [0.15, 0.2) is 18.2 Å². The minimum atomic E-state index is -4.21. The summed E-state index contributed by atoms with van der Waals surface area (Å²) in [6, 6.07) is 2.11. The van der Waals surface area contributed by atoms with E-state index in [1.165, 1.54) is 0 Å². The van der Waals surface area contributed by atoms with Gasteiger partial charge in [0.1, 0.15) is 0 Å². The summed E-state index contributed by atoms with van der Waals surface area (Å²) in [6.45, 7) is 1.13. The molecule has 0 spiro atoms. The molecule has 1 atom stereocenters. The Morgan fingerprint density at radius 2 is 1.79 bits per heavy atom. The van der Waals surface area contributed by atoms with E-state index < -0.39 is 42.9 Å². The maximum absolute atomic E-state index is 11.9. The van der Waals surface area contributed by atoms with Gasteiger partial charge in [-0.1, -0.05) is 0 Å². The largest absolute Gasteiger partial charge is 0.354 e. The predicted molar refractivity (Wildman–Crippen MR) is 79.9 cm³/mol.